The van der Waals surface area contributed by atoms with Crippen LogP contribution < -0.4 is 5.32 Å². The van der Waals surface area contributed by atoms with Crippen molar-refractivity contribution in [1.29, 1.82) is 0 Å². The number of hydrogen-bond acceptors (Lipinski definition) is 2. The predicted molar refractivity (Wildman–Crippen MR) is 136 cm³/mol. The third-order valence-corrected chi connectivity index (χ3v) is 7.62. The van der Waals surface area contributed by atoms with E-state index in [2.05, 4.69) is 55.3 Å². The standard InChI is InChI=1S/C28H37FN2S/c1-28(2,3)26(19-30-25-15-16-25)31-18-17-23(27(31)32)6-4-5-20-7-9-21(10-8-20)22-11-13-24(29)14-12-22/h7-14,23,25-26,30H,4-6,15-19H2,1-3H3. The number of rotatable bonds is 9. The second-order valence-electron chi connectivity index (χ2n) is 10.7. The molecule has 1 aliphatic heterocycles. The van der Waals surface area contributed by atoms with E-state index in [-0.39, 0.29) is 11.2 Å². The lowest BCUT2D eigenvalue weighted by molar-refractivity contribution is 0.174. The molecule has 32 heavy (non-hydrogen) atoms. The zero-order chi connectivity index (χ0) is 22.7. The smallest absolute Gasteiger partial charge is 0.123 e. The summed E-state index contributed by atoms with van der Waals surface area (Å²) in [5.41, 5.74) is 3.76. The van der Waals surface area contributed by atoms with Gasteiger partial charge >= 0.3 is 0 Å². The Morgan fingerprint density at radius 1 is 1.00 bits per heavy atom. The molecule has 1 N–H and O–H groups in total. The van der Waals surface area contributed by atoms with E-state index in [1.165, 1.54) is 48.4 Å². The molecule has 0 radical (unpaired) electrons. The van der Waals surface area contributed by atoms with Gasteiger partial charge in [-0.1, -0.05) is 69.4 Å². The SMILES string of the molecule is CC(C)(C)C(CNC1CC1)N1CCC(CCCc2ccc(-c3ccc(F)cc3)cc2)C1=S. The van der Waals surface area contributed by atoms with Gasteiger partial charge in [0.15, 0.2) is 0 Å². The van der Waals surface area contributed by atoms with E-state index in [0.717, 1.165) is 43.1 Å². The fourth-order valence-corrected chi connectivity index (χ4v) is 5.30. The molecule has 2 aromatic rings. The van der Waals surface area contributed by atoms with Gasteiger partial charge in [0.25, 0.3) is 0 Å². The molecule has 1 heterocycles. The van der Waals surface area contributed by atoms with Crippen molar-refractivity contribution in [2.75, 3.05) is 13.1 Å². The minimum absolute atomic E-state index is 0.193. The number of halogens is 1. The van der Waals surface area contributed by atoms with Crippen LogP contribution in [0.25, 0.3) is 11.1 Å². The first kappa shape index (κ1) is 23.4. The first-order valence-corrected chi connectivity index (χ1v) is 12.6. The first-order valence-electron chi connectivity index (χ1n) is 12.2. The summed E-state index contributed by atoms with van der Waals surface area (Å²) >= 11 is 5.98. The van der Waals surface area contributed by atoms with Gasteiger partial charge in [-0.2, -0.15) is 0 Å². The molecule has 1 saturated heterocycles. The highest BCUT2D eigenvalue weighted by atomic mass is 32.1. The molecule has 0 amide bonds. The zero-order valence-electron chi connectivity index (χ0n) is 19.7. The monoisotopic (exact) mass is 452 g/mol. The highest BCUT2D eigenvalue weighted by molar-refractivity contribution is 7.80. The molecule has 1 aliphatic carbocycles. The summed E-state index contributed by atoms with van der Waals surface area (Å²) in [6.07, 6.45) is 7.26. The molecule has 0 spiro atoms. The molecule has 2 aromatic carbocycles. The van der Waals surface area contributed by atoms with Gasteiger partial charge in [0, 0.05) is 31.1 Å². The minimum Gasteiger partial charge on any atom is -0.361 e. The normalized spacial score (nSPS) is 20.1. The maximum atomic E-state index is 13.1. The Morgan fingerprint density at radius 2 is 1.62 bits per heavy atom. The van der Waals surface area contributed by atoms with Crippen molar-refractivity contribution in [1.82, 2.24) is 10.2 Å². The second kappa shape index (κ2) is 10.0. The third-order valence-electron chi connectivity index (χ3n) is 7.05. The van der Waals surface area contributed by atoms with Crippen molar-refractivity contribution >= 4 is 17.2 Å². The summed E-state index contributed by atoms with van der Waals surface area (Å²) in [6, 6.07) is 16.6. The van der Waals surface area contributed by atoms with Crippen LogP contribution in [0.4, 0.5) is 4.39 Å². The number of aryl methyl sites for hydroxylation is 1. The number of nitrogens with zero attached hydrogens (tertiary/aromatic N) is 1. The average molecular weight is 453 g/mol. The lowest BCUT2D eigenvalue weighted by Crippen LogP contribution is -2.50. The Kier molecular flexibility index (Phi) is 7.31. The molecule has 2 nitrogen and oxygen atoms in total. The van der Waals surface area contributed by atoms with E-state index in [9.17, 15) is 4.39 Å². The number of hydrogen-bond donors (Lipinski definition) is 1. The van der Waals surface area contributed by atoms with Crippen LogP contribution in [0, 0.1) is 17.2 Å². The van der Waals surface area contributed by atoms with Crippen LogP contribution in [0.1, 0.15) is 58.4 Å². The molecule has 2 fully saturated rings. The maximum absolute atomic E-state index is 13.1. The van der Waals surface area contributed by atoms with Crippen LogP contribution in [0.15, 0.2) is 48.5 Å². The number of thiocarbonyl (C=S) groups is 1. The Morgan fingerprint density at radius 3 is 2.22 bits per heavy atom. The topological polar surface area (TPSA) is 15.3 Å². The van der Waals surface area contributed by atoms with Crippen LogP contribution in [0.3, 0.4) is 0 Å². The van der Waals surface area contributed by atoms with Crippen molar-refractivity contribution in [2.24, 2.45) is 11.3 Å². The van der Waals surface area contributed by atoms with E-state index < -0.39 is 0 Å². The number of likely N-dealkylation sites (tertiary alicyclic amines) is 1. The van der Waals surface area contributed by atoms with Crippen LogP contribution >= 0.6 is 12.2 Å². The molecule has 0 aromatic heterocycles. The van der Waals surface area contributed by atoms with Crippen molar-refractivity contribution in [2.45, 2.75) is 71.4 Å². The van der Waals surface area contributed by atoms with Gasteiger partial charge in [-0.25, -0.2) is 4.39 Å². The molecule has 1 saturated carbocycles. The van der Waals surface area contributed by atoms with Crippen LogP contribution in [0.5, 0.6) is 0 Å². The van der Waals surface area contributed by atoms with E-state index >= 15 is 0 Å². The average Bonchev–Trinajstić information content (AvgIpc) is 3.52. The summed E-state index contributed by atoms with van der Waals surface area (Å²) in [5.74, 6) is 0.344. The first-order chi connectivity index (χ1) is 15.3. The van der Waals surface area contributed by atoms with Gasteiger partial charge in [-0.15, -0.1) is 0 Å². The van der Waals surface area contributed by atoms with Gasteiger partial charge in [0.1, 0.15) is 5.82 Å². The predicted octanol–water partition coefficient (Wildman–Crippen LogP) is 6.63. The van der Waals surface area contributed by atoms with Crippen molar-refractivity contribution in [3.05, 3.63) is 59.9 Å². The van der Waals surface area contributed by atoms with Gasteiger partial charge in [-0.3, -0.25) is 0 Å². The lowest BCUT2D eigenvalue weighted by atomic mass is 9.85. The largest absolute Gasteiger partial charge is 0.361 e. The van der Waals surface area contributed by atoms with Crippen LogP contribution in [0.2, 0.25) is 0 Å². The van der Waals surface area contributed by atoms with Crippen LogP contribution in [-0.4, -0.2) is 35.1 Å². The summed E-state index contributed by atoms with van der Waals surface area (Å²) in [7, 11) is 0. The Labute approximate surface area is 198 Å². The van der Waals surface area contributed by atoms with Crippen molar-refractivity contribution < 1.29 is 4.39 Å². The van der Waals surface area contributed by atoms with Crippen molar-refractivity contribution in [3.63, 3.8) is 0 Å². The molecule has 172 valence electrons. The fourth-order valence-electron chi connectivity index (χ4n) is 4.85. The summed E-state index contributed by atoms with van der Waals surface area (Å²) in [5, 5.41) is 3.74. The molecule has 4 heteroatoms. The molecular formula is C28H37FN2S. The van der Waals surface area contributed by atoms with Gasteiger partial charge in [-0.05, 0) is 72.8 Å². The number of benzene rings is 2. The van der Waals surface area contributed by atoms with Crippen LogP contribution in [-0.2, 0) is 6.42 Å². The summed E-state index contributed by atoms with van der Waals surface area (Å²) < 4.78 is 13.1. The second-order valence-corrected chi connectivity index (χ2v) is 11.1. The molecule has 2 aliphatic rings. The summed E-state index contributed by atoms with van der Waals surface area (Å²) in [6.45, 7) is 9.18. The molecular weight excluding hydrogens is 415 g/mol. The van der Waals surface area contributed by atoms with E-state index in [1.807, 2.05) is 12.1 Å². The zero-order valence-corrected chi connectivity index (χ0v) is 20.6. The van der Waals surface area contributed by atoms with E-state index in [4.69, 9.17) is 12.2 Å². The fraction of sp³-hybridized carbons (Fsp3) is 0.536. The summed E-state index contributed by atoms with van der Waals surface area (Å²) in [4.78, 5) is 3.72. The van der Waals surface area contributed by atoms with Gasteiger partial charge in [0.2, 0.25) is 0 Å². The van der Waals surface area contributed by atoms with Crippen molar-refractivity contribution in [3.8, 4) is 11.1 Å². The molecule has 4 rings (SSSR count). The third kappa shape index (κ3) is 5.96. The number of nitrogens with one attached hydrogen (secondary N) is 1. The lowest BCUT2D eigenvalue weighted by Gasteiger charge is -2.40. The quantitative estimate of drug-likeness (QED) is 0.430. The van der Waals surface area contributed by atoms with Gasteiger partial charge < -0.3 is 10.2 Å². The highest BCUT2D eigenvalue weighted by Gasteiger charge is 2.38. The Bertz CT molecular complexity index is 897. The minimum atomic E-state index is -0.193. The Hall–Kier alpha value is -1.78. The molecule has 2 atom stereocenters. The highest BCUT2D eigenvalue weighted by Crippen LogP contribution is 2.33. The van der Waals surface area contributed by atoms with E-state index in [1.54, 1.807) is 0 Å². The maximum Gasteiger partial charge on any atom is 0.123 e. The molecule has 2 unspecified atom stereocenters. The van der Waals surface area contributed by atoms with E-state index in [0.29, 0.717) is 12.0 Å². The Balaban J connectivity index is 1.27. The molecule has 0 bridgehead atoms. The van der Waals surface area contributed by atoms with Gasteiger partial charge in [0.05, 0.1) is 4.99 Å².